The molecule has 1 amide bonds. The van der Waals surface area contributed by atoms with E-state index in [1.807, 2.05) is 0 Å². The first-order chi connectivity index (χ1) is 10.5. The third kappa shape index (κ3) is 4.87. The van der Waals surface area contributed by atoms with Gasteiger partial charge in [-0.25, -0.2) is 5.43 Å². The molecule has 0 aromatic heterocycles. The second-order valence-electron chi connectivity index (χ2n) is 5.29. The second-order valence-corrected chi connectivity index (χ2v) is 6.14. The minimum absolute atomic E-state index is 0.308. The number of likely N-dealkylation sites (tertiary alicyclic amines) is 1. The number of rotatable bonds is 4. The molecule has 0 aliphatic carbocycles. The molecule has 1 aromatic carbocycles. The van der Waals surface area contributed by atoms with Gasteiger partial charge in [-0.1, -0.05) is 23.2 Å². The van der Waals surface area contributed by atoms with Gasteiger partial charge in [-0.15, -0.1) is 0 Å². The number of nitrogens with one attached hydrogen (secondary N) is 1. The summed E-state index contributed by atoms with van der Waals surface area (Å²) >= 11 is 11.8. The van der Waals surface area contributed by atoms with Gasteiger partial charge in [-0.05, 0) is 32.2 Å². The molecule has 1 aliphatic rings. The number of amides is 1. The highest BCUT2D eigenvalue weighted by Crippen LogP contribution is 2.28. The van der Waals surface area contributed by atoms with Crippen molar-refractivity contribution in [3.63, 3.8) is 0 Å². The van der Waals surface area contributed by atoms with Crippen molar-refractivity contribution in [1.29, 1.82) is 0 Å². The summed E-state index contributed by atoms with van der Waals surface area (Å²) in [4.78, 5) is 14.2. The van der Waals surface area contributed by atoms with E-state index in [2.05, 4.69) is 22.5 Å². The summed E-state index contributed by atoms with van der Waals surface area (Å²) in [6.07, 6.45) is 1.04. The number of carbonyl (C=O) groups excluding carboxylic acids is 1. The van der Waals surface area contributed by atoms with Crippen LogP contribution < -0.4 is 10.2 Å². The van der Waals surface area contributed by atoms with Crippen LogP contribution in [-0.4, -0.2) is 42.8 Å². The van der Waals surface area contributed by atoms with Crippen LogP contribution in [0, 0.1) is 0 Å². The average Bonchev–Trinajstić information content (AvgIpc) is 2.49. The molecule has 1 aromatic rings. The molecule has 0 saturated carbocycles. The Morgan fingerprint density at radius 1 is 1.36 bits per heavy atom. The summed E-state index contributed by atoms with van der Waals surface area (Å²) in [6.45, 7) is 3.57. The van der Waals surface area contributed by atoms with Gasteiger partial charge in [-0.2, -0.15) is 5.10 Å². The van der Waals surface area contributed by atoms with Gasteiger partial charge in [0.15, 0.2) is 6.10 Å². The van der Waals surface area contributed by atoms with Crippen LogP contribution in [0.1, 0.15) is 19.8 Å². The topological polar surface area (TPSA) is 53.9 Å². The zero-order valence-corrected chi connectivity index (χ0v) is 14.1. The highest BCUT2D eigenvalue weighted by atomic mass is 35.5. The van der Waals surface area contributed by atoms with Crippen LogP contribution in [0.5, 0.6) is 5.75 Å². The van der Waals surface area contributed by atoms with Crippen molar-refractivity contribution in [2.24, 2.45) is 5.10 Å². The maximum atomic E-state index is 12.0. The minimum Gasteiger partial charge on any atom is -0.479 e. The van der Waals surface area contributed by atoms with E-state index >= 15 is 0 Å². The number of nitrogens with zero attached hydrogens (tertiary/aromatic N) is 2. The van der Waals surface area contributed by atoms with Crippen molar-refractivity contribution in [2.45, 2.75) is 25.9 Å². The summed E-state index contributed by atoms with van der Waals surface area (Å²) in [5.41, 5.74) is 3.56. The molecule has 1 heterocycles. The number of hydrogen-bond donors (Lipinski definition) is 1. The Morgan fingerprint density at radius 2 is 2.05 bits per heavy atom. The molecular formula is C15H19Cl2N3O2. The lowest BCUT2D eigenvalue weighted by Gasteiger charge is -2.23. The number of hydrogen-bond acceptors (Lipinski definition) is 4. The summed E-state index contributed by atoms with van der Waals surface area (Å²) in [7, 11) is 2.07. The number of carbonyl (C=O) groups is 1. The van der Waals surface area contributed by atoms with Gasteiger partial charge in [0.25, 0.3) is 5.91 Å². The van der Waals surface area contributed by atoms with Crippen LogP contribution in [-0.2, 0) is 4.79 Å². The fourth-order valence-corrected chi connectivity index (χ4v) is 2.48. The Labute approximate surface area is 140 Å². The van der Waals surface area contributed by atoms with E-state index in [1.165, 1.54) is 0 Å². The highest BCUT2D eigenvalue weighted by molar-refractivity contribution is 6.35. The molecule has 1 N–H and O–H groups in total. The lowest BCUT2D eigenvalue weighted by Crippen LogP contribution is -2.36. The van der Waals surface area contributed by atoms with Crippen LogP contribution in [0.15, 0.2) is 23.3 Å². The summed E-state index contributed by atoms with van der Waals surface area (Å²) in [5, 5.41) is 5.06. The molecule has 0 unspecified atom stereocenters. The zero-order valence-electron chi connectivity index (χ0n) is 12.6. The molecule has 1 atom stereocenters. The van der Waals surface area contributed by atoms with Gasteiger partial charge in [0.2, 0.25) is 0 Å². The Kier molecular flexibility index (Phi) is 6.06. The first-order valence-electron chi connectivity index (χ1n) is 7.11. The Morgan fingerprint density at radius 3 is 2.68 bits per heavy atom. The summed E-state index contributed by atoms with van der Waals surface area (Å²) in [5.74, 6) is 0.109. The van der Waals surface area contributed by atoms with Gasteiger partial charge < -0.3 is 9.64 Å². The van der Waals surface area contributed by atoms with Crippen molar-refractivity contribution >= 4 is 34.8 Å². The molecule has 120 valence electrons. The Bertz CT molecular complexity index is 568. The summed E-state index contributed by atoms with van der Waals surface area (Å²) in [6, 6.07) is 4.87. The highest BCUT2D eigenvalue weighted by Gasteiger charge is 2.17. The quantitative estimate of drug-likeness (QED) is 0.855. The van der Waals surface area contributed by atoms with E-state index in [-0.39, 0.29) is 5.91 Å². The van der Waals surface area contributed by atoms with Crippen LogP contribution in [0.2, 0.25) is 10.0 Å². The van der Waals surface area contributed by atoms with Gasteiger partial charge in [0.05, 0.1) is 5.02 Å². The molecule has 0 bridgehead atoms. The normalized spacial score (nSPS) is 17.0. The average molecular weight is 344 g/mol. The summed E-state index contributed by atoms with van der Waals surface area (Å²) < 4.78 is 5.54. The second kappa shape index (κ2) is 7.81. The molecule has 1 aliphatic heterocycles. The molecule has 0 radical (unpaired) electrons. The maximum absolute atomic E-state index is 12.0. The minimum atomic E-state index is -0.700. The van der Waals surface area contributed by atoms with Crippen molar-refractivity contribution in [3.05, 3.63) is 28.2 Å². The van der Waals surface area contributed by atoms with Crippen LogP contribution >= 0.6 is 23.2 Å². The number of benzene rings is 1. The lowest BCUT2D eigenvalue weighted by atomic mass is 10.1. The fraction of sp³-hybridized carbons (Fsp3) is 0.467. The van der Waals surface area contributed by atoms with E-state index in [1.54, 1.807) is 25.1 Å². The smallest absolute Gasteiger partial charge is 0.280 e. The van der Waals surface area contributed by atoms with E-state index in [4.69, 9.17) is 27.9 Å². The molecule has 0 spiro atoms. The number of hydrazone groups is 1. The lowest BCUT2D eigenvalue weighted by molar-refractivity contribution is -0.127. The number of ether oxygens (including phenoxy) is 1. The van der Waals surface area contributed by atoms with E-state index in [9.17, 15) is 4.79 Å². The van der Waals surface area contributed by atoms with Crippen LogP contribution in [0.4, 0.5) is 0 Å². The van der Waals surface area contributed by atoms with Gasteiger partial charge in [0, 0.05) is 36.7 Å². The zero-order chi connectivity index (χ0) is 16.1. The molecule has 5 nitrogen and oxygen atoms in total. The standard InChI is InChI=1S/C15H19Cl2N3O2/c1-10(22-14-4-3-11(16)9-13(14)17)15(21)19-18-12-5-7-20(2)8-6-12/h3-4,9-10H,5-8H2,1-2H3,(H,19,21)/t10-/m0/s1. The molecule has 2 rings (SSSR count). The molecule has 7 heteroatoms. The third-order valence-corrected chi connectivity index (χ3v) is 3.99. The monoisotopic (exact) mass is 343 g/mol. The Balaban J connectivity index is 1.88. The predicted octanol–water partition coefficient (Wildman–Crippen LogP) is 2.96. The SMILES string of the molecule is C[C@H](Oc1ccc(Cl)cc1Cl)C(=O)NN=C1CCN(C)CC1. The first-order valence-corrected chi connectivity index (χ1v) is 7.87. The first kappa shape index (κ1) is 17.1. The van der Waals surface area contributed by atoms with Gasteiger partial charge in [-0.3, -0.25) is 4.79 Å². The molecule has 1 saturated heterocycles. The van der Waals surface area contributed by atoms with Gasteiger partial charge >= 0.3 is 0 Å². The number of halogens is 2. The van der Waals surface area contributed by atoms with E-state index < -0.39 is 6.10 Å². The van der Waals surface area contributed by atoms with Crippen molar-refractivity contribution in [1.82, 2.24) is 10.3 Å². The van der Waals surface area contributed by atoms with Crippen molar-refractivity contribution in [2.75, 3.05) is 20.1 Å². The molecule has 22 heavy (non-hydrogen) atoms. The van der Waals surface area contributed by atoms with E-state index in [0.717, 1.165) is 31.6 Å². The van der Waals surface area contributed by atoms with Crippen molar-refractivity contribution < 1.29 is 9.53 Å². The van der Waals surface area contributed by atoms with Crippen molar-refractivity contribution in [3.8, 4) is 5.75 Å². The molecular weight excluding hydrogens is 325 g/mol. The Hall–Kier alpha value is -1.30. The molecule has 1 fully saturated rings. The van der Waals surface area contributed by atoms with Crippen LogP contribution in [0.3, 0.4) is 0 Å². The number of piperidine rings is 1. The largest absolute Gasteiger partial charge is 0.479 e. The fourth-order valence-electron chi connectivity index (χ4n) is 2.03. The van der Waals surface area contributed by atoms with Gasteiger partial charge in [0.1, 0.15) is 5.75 Å². The third-order valence-electron chi connectivity index (χ3n) is 3.46. The van der Waals surface area contributed by atoms with Crippen LogP contribution in [0.25, 0.3) is 0 Å². The van der Waals surface area contributed by atoms with E-state index in [0.29, 0.717) is 15.8 Å². The maximum Gasteiger partial charge on any atom is 0.280 e. The predicted molar refractivity (Wildman–Crippen MR) is 88.9 cm³/mol.